The highest BCUT2D eigenvalue weighted by atomic mass is 16.1. The van der Waals surface area contributed by atoms with E-state index in [-0.39, 0.29) is 11.8 Å². The number of carbonyl (C=O) groups is 1. The SMILES string of the molecule is CC(C)(C)CCN1CC2C(CN)C2C1.CC(C)(C)CCN1C[C@@H]2C(C(N)=O)[C@@H]2C1. The van der Waals surface area contributed by atoms with Crippen molar-refractivity contribution in [2.24, 2.45) is 57.8 Å². The molecule has 168 valence electrons. The van der Waals surface area contributed by atoms with Crippen molar-refractivity contribution in [2.75, 3.05) is 45.8 Å². The first-order chi connectivity index (χ1) is 13.4. The van der Waals surface area contributed by atoms with Crippen LogP contribution in [-0.4, -0.2) is 61.5 Å². The van der Waals surface area contributed by atoms with Gasteiger partial charge in [-0.25, -0.2) is 0 Å². The molecule has 1 amide bonds. The van der Waals surface area contributed by atoms with Crippen LogP contribution in [0.3, 0.4) is 0 Å². The summed E-state index contributed by atoms with van der Waals surface area (Å²) in [6, 6.07) is 0. The zero-order chi connectivity index (χ0) is 21.6. The van der Waals surface area contributed by atoms with E-state index in [2.05, 4.69) is 51.3 Å². The Morgan fingerprint density at radius 1 is 0.793 bits per heavy atom. The number of carbonyl (C=O) groups excluding carboxylic acids is 1. The van der Waals surface area contributed by atoms with Crippen LogP contribution in [0.2, 0.25) is 0 Å². The van der Waals surface area contributed by atoms with Gasteiger partial charge in [0.1, 0.15) is 0 Å². The number of piperidine rings is 2. The highest BCUT2D eigenvalue weighted by molar-refractivity contribution is 5.80. The van der Waals surface area contributed by atoms with E-state index in [1.165, 1.54) is 39.0 Å². The monoisotopic (exact) mass is 406 g/mol. The molecule has 4 aliphatic rings. The summed E-state index contributed by atoms with van der Waals surface area (Å²) in [5, 5.41) is 0. The third-order valence-corrected chi connectivity index (χ3v) is 7.67. The summed E-state index contributed by atoms with van der Waals surface area (Å²) in [4.78, 5) is 16.1. The Bertz CT molecular complexity index is 554. The van der Waals surface area contributed by atoms with Gasteiger partial charge in [-0.1, -0.05) is 41.5 Å². The van der Waals surface area contributed by atoms with Crippen molar-refractivity contribution < 1.29 is 4.79 Å². The number of likely N-dealkylation sites (tertiary alicyclic amines) is 2. The van der Waals surface area contributed by atoms with E-state index in [0.717, 1.165) is 37.4 Å². The zero-order valence-electron chi connectivity index (χ0n) is 19.8. The molecule has 2 aliphatic carbocycles. The minimum absolute atomic E-state index is 0.0829. The van der Waals surface area contributed by atoms with E-state index < -0.39 is 0 Å². The van der Waals surface area contributed by atoms with Gasteiger partial charge in [0, 0.05) is 32.1 Å². The number of amides is 1. The standard InChI is InChI=1S/C12H22N2O.C12H24N2/c1-12(2,3)4-5-14-6-8-9(7-14)10(8)11(13)15;1-12(2,3)4-5-14-7-10-9(6-13)11(10)8-14/h8-10H,4-7H2,1-3H3,(H2,13,15);9-11H,4-8,13H2,1-3H3/t8-,9+,10?;. The van der Waals surface area contributed by atoms with Gasteiger partial charge >= 0.3 is 0 Å². The van der Waals surface area contributed by atoms with E-state index in [1.54, 1.807) is 0 Å². The Morgan fingerprint density at radius 3 is 1.48 bits per heavy atom. The van der Waals surface area contributed by atoms with Crippen molar-refractivity contribution in [3.8, 4) is 0 Å². The molecule has 5 nitrogen and oxygen atoms in total. The number of fused-ring (bicyclic) bond motifs is 2. The zero-order valence-corrected chi connectivity index (χ0v) is 19.8. The molecular formula is C24H46N4O. The lowest BCUT2D eigenvalue weighted by atomic mass is 9.92. The molecule has 2 aliphatic heterocycles. The Morgan fingerprint density at radius 2 is 1.17 bits per heavy atom. The number of primary amides is 1. The minimum atomic E-state index is -0.0829. The summed E-state index contributed by atoms with van der Waals surface area (Å²) in [6.07, 6.45) is 2.55. The number of rotatable bonds is 6. The molecule has 0 aromatic carbocycles. The van der Waals surface area contributed by atoms with Gasteiger partial charge < -0.3 is 21.3 Å². The maximum Gasteiger partial charge on any atom is 0.221 e. The molecule has 0 aromatic heterocycles. The largest absolute Gasteiger partial charge is 0.369 e. The molecule has 5 atom stereocenters. The van der Waals surface area contributed by atoms with Gasteiger partial charge in [0.2, 0.25) is 5.91 Å². The molecule has 0 radical (unpaired) electrons. The van der Waals surface area contributed by atoms with E-state index in [1.807, 2.05) is 0 Å². The molecule has 4 fully saturated rings. The number of hydrogen-bond donors (Lipinski definition) is 2. The fourth-order valence-corrected chi connectivity index (χ4v) is 5.47. The van der Waals surface area contributed by atoms with Crippen molar-refractivity contribution in [3.05, 3.63) is 0 Å². The summed E-state index contributed by atoms with van der Waals surface area (Å²) in [6.45, 7) is 22.0. The molecule has 4 N–H and O–H groups in total. The molecule has 0 bridgehead atoms. The van der Waals surface area contributed by atoms with Crippen molar-refractivity contribution in [2.45, 2.75) is 54.4 Å². The Balaban J connectivity index is 0.000000166. The summed E-state index contributed by atoms with van der Waals surface area (Å²) < 4.78 is 0. The smallest absolute Gasteiger partial charge is 0.221 e. The topological polar surface area (TPSA) is 75.6 Å². The molecule has 5 heteroatoms. The second-order valence-corrected chi connectivity index (χ2v) is 12.6. The van der Waals surface area contributed by atoms with Crippen LogP contribution in [0.5, 0.6) is 0 Å². The van der Waals surface area contributed by atoms with Crippen molar-refractivity contribution in [1.82, 2.24) is 9.80 Å². The second-order valence-electron chi connectivity index (χ2n) is 12.6. The van der Waals surface area contributed by atoms with Gasteiger partial charge in [-0.15, -0.1) is 0 Å². The third-order valence-electron chi connectivity index (χ3n) is 7.67. The fraction of sp³-hybridized carbons (Fsp3) is 0.958. The highest BCUT2D eigenvalue weighted by Gasteiger charge is 2.58. The fourth-order valence-electron chi connectivity index (χ4n) is 5.47. The second kappa shape index (κ2) is 8.47. The van der Waals surface area contributed by atoms with Crippen LogP contribution < -0.4 is 11.5 Å². The van der Waals surface area contributed by atoms with Crippen molar-refractivity contribution in [3.63, 3.8) is 0 Å². The lowest BCUT2D eigenvalue weighted by Crippen LogP contribution is -2.30. The number of nitrogens with zero attached hydrogens (tertiary/aromatic N) is 2. The summed E-state index contributed by atoms with van der Waals surface area (Å²) in [5.41, 5.74) is 11.9. The first kappa shape index (κ1) is 23.0. The molecule has 4 rings (SSSR count). The lowest BCUT2D eigenvalue weighted by molar-refractivity contribution is -0.120. The Kier molecular flexibility index (Phi) is 6.72. The quantitative estimate of drug-likeness (QED) is 0.711. The molecule has 0 aromatic rings. The van der Waals surface area contributed by atoms with E-state index in [4.69, 9.17) is 11.5 Å². The van der Waals surface area contributed by atoms with Crippen LogP contribution in [0.4, 0.5) is 0 Å². The third kappa shape index (κ3) is 6.18. The predicted molar refractivity (Wildman–Crippen MR) is 120 cm³/mol. The molecular weight excluding hydrogens is 360 g/mol. The number of hydrogen-bond acceptors (Lipinski definition) is 4. The van der Waals surface area contributed by atoms with E-state index in [0.29, 0.717) is 22.7 Å². The van der Waals surface area contributed by atoms with Crippen LogP contribution in [0.1, 0.15) is 54.4 Å². The number of nitrogens with two attached hydrogens (primary N) is 2. The van der Waals surface area contributed by atoms with Gasteiger partial charge in [-0.05, 0) is 72.9 Å². The van der Waals surface area contributed by atoms with Crippen LogP contribution in [0.25, 0.3) is 0 Å². The predicted octanol–water partition coefficient (Wildman–Crippen LogP) is 2.64. The van der Waals surface area contributed by atoms with Crippen LogP contribution in [-0.2, 0) is 4.79 Å². The molecule has 2 saturated heterocycles. The molecule has 2 saturated carbocycles. The van der Waals surface area contributed by atoms with Gasteiger partial charge in [0.25, 0.3) is 0 Å². The molecule has 2 heterocycles. The molecule has 29 heavy (non-hydrogen) atoms. The minimum Gasteiger partial charge on any atom is -0.369 e. The van der Waals surface area contributed by atoms with Gasteiger partial charge in [-0.3, -0.25) is 4.79 Å². The summed E-state index contributed by atoms with van der Waals surface area (Å²) >= 11 is 0. The normalized spacial score (nSPS) is 36.2. The lowest BCUT2D eigenvalue weighted by Gasteiger charge is -2.24. The average Bonchev–Trinajstić information content (AvgIpc) is 3.31. The van der Waals surface area contributed by atoms with Gasteiger partial charge in [-0.2, -0.15) is 0 Å². The summed E-state index contributed by atoms with van der Waals surface area (Å²) in [5.74, 6) is 4.09. The Hall–Kier alpha value is -0.650. The maximum absolute atomic E-state index is 11.0. The first-order valence-electron chi connectivity index (χ1n) is 11.8. The van der Waals surface area contributed by atoms with E-state index in [9.17, 15) is 4.79 Å². The van der Waals surface area contributed by atoms with Crippen LogP contribution in [0, 0.1) is 46.3 Å². The van der Waals surface area contributed by atoms with Crippen molar-refractivity contribution >= 4 is 5.91 Å². The highest BCUT2D eigenvalue weighted by Crippen LogP contribution is 2.52. The first-order valence-corrected chi connectivity index (χ1v) is 11.8. The van der Waals surface area contributed by atoms with Gasteiger partial charge in [0.15, 0.2) is 0 Å². The average molecular weight is 407 g/mol. The van der Waals surface area contributed by atoms with Crippen LogP contribution >= 0.6 is 0 Å². The summed E-state index contributed by atoms with van der Waals surface area (Å²) in [7, 11) is 0. The van der Waals surface area contributed by atoms with Crippen molar-refractivity contribution in [1.29, 1.82) is 0 Å². The molecule has 3 unspecified atom stereocenters. The molecule has 0 spiro atoms. The van der Waals surface area contributed by atoms with Crippen LogP contribution in [0.15, 0.2) is 0 Å². The van der Waals surface area contributed by atoms with E-state index >= 15 is 0 Å². The maximum atomic E-state index is 11.0. The van der Waals surface area contributed by atoms with Gasteiger partial charge in [0.05, 0.1) is 0 Å². The Labute approximate surface area is 178 Å².